The lowest BCUT2D eigenvalue weighted by Crippen LogP contribution is -2.25. The van der Waals surface area contributed by atoms with E-state index in [4.69, 9.17) is 75.0 Å². The van der Waals surface area contributed by atoms with Gasteiger partial charge in [-0.3, -0.25) is 10.1 Å². The molecule has 0 heterocycles. The van der Waals surface area contributed by atoms with Crippen molar-refractivity contribution in [2.24, 2.45) is 0 Å². The Morgan fingerprint density at radius 2 is 0.730 bits per heavy atom. The smallest absolute Gasteiger partial charge is 0.270 e. The highest BCUT2D eigenvalue weighted by Crippen LogP contribution is 2.44. The first-order valence-corrected chi connectivity index (χ1v) is 37.8. The van der Waals surface area contributed by atoms with E-state index < -0.39 is 47.7 Å². The fraction of sp³-hybridized carbons (Fsp3) is 0.238. The number of halogens is 1. The maximum absolute atomic E-state index is 10.6. The Morgan fingerprint density at radius 1 is 0.409 bits per heavy atom. The molecular weight excluding hydrogens is 1450 g/mol. The molecule has 115 heavy (non-hydrogen) atoms. The molecule has 0 saturated heterocycles. The minimum Gasteiger partial charge on any atom is -0.391 e. The molecule has 0 fully saturated rings. The number of nitriles is 1. The molecule has 7 N–H and O–H groups in total. The quantitative estimate of drug-likeness (QED) is 0.0223. The first-order chi connectivity index (χ1) is 55.5. The van der Waals surface area contributed by atoms with Gasteiger partial charge < -0.3 is 35.7 Å². The maximum atomic E-state index is 10.6. The number of nitro groups is 1. The van der Waals surface area contributed by atoms with Crippen molar-refractivity contribution in [3.63, 3.8) is 0 Å². The Morgan fingerprint density at radius 3 is 1.14 bits per heavy atom. The van der Waals surface area contributed by atoms with Gasteiger partial charge in [-0.2, -0.15) is 5.26 Å². The number of benzene rings is 8. The maximum Gasteiger partial charge on any atom is 0.270 e. The van der Waals surface area contributed by atoms with E-state index >= 15 is 0 Å². The molecule has 0 aliphatic heterocycles. The molecule has 14 heteroatoms. The SMILES string of the molecule is C#CCC(O)C1C=Cc2cc(C)ccc21.C#CCC(O)C1C=Cc2cc(C)ccc21.C#CCC(O)C1C=Cc2cc(Cl)ccc21.C#CCC(O)C1C=Cc2cc([N+](=O)[O-])ccc21.C#CCC(O)C1C=Cc2ccccc21.[C-]#[N+]c1ccc2c(c1)C=CC2C(O)CC#C.[C-]#[N+]c1ccc2c(c1)Cc1cc(C#N)ccc1C2C(O)CC#C. The van der Waals surface area contributed by atoms with Gasteiger partial charge in [0.15, 0.2) is 11.4 Å². The van der Waals surface area contributed by atoms with Gasteiger partial charge >= 0.3 is 0 Å². The van der Waals surface area contributed by atoms with Crippen LogP contribution < -0.4 is 0 Å². The minimum atomic E-state index is -0.690. The lowest BCUT2D eigenvalue weighted by molar-refractivity contribution is -0.384. The third-order valence-corrected chi connectivity index (χ3v) is 21.0. The van der Waals surface area contributed by atoms with Crippen LogP contribution in [0.3, 0.4) is 0 Å². The van der Waals surface area contributed by atoms with E-state index in [-0.39, 0.29) is 60.0 Å². The number of aliphatic hydroxyl groups excluding tert-OH is 7. The van der Waals surface area contributed by atoms with Gasteiger partial charge in [-0.15, -0.1) is 86.4 Å². The molecule has 14 atom stereocenters. The predicted molar refractivity (Wildman–Crippen MR) is 461 cm³/mol. The number of nitro benzene ring substituents is 1. The normalized spacial score (nSPS) is 18.7. The Labute approximate surface area is 680 Å². The number of hydrogen-bond acceptors (Lipinski definition) is 10. The molecule has 0 aromatic heterocycles. The second-order valence-corrected chi connectivity index (χ2v) is 28.9. The number of aliphatic hydroxyl groups is 7. The fourth-order valence-corrected chi connectivity index (χ4v) is 15.3. The number of terminal acetylenes is 7. The number of hydrogen-bond donors (Lipinski definition) is 7. The number of rotatable bonds is 15. The van der Waals surface area contributed by atoms with Crippen LogP contribution in [0.4, 0.5) is 17.1 Å². The van der Waals surface area contributed by atoms with Gasteiger partial charge in [0.25, 0.3) is 5.69 Å². The van der Waals surface area contributed by atoms with Gasteiger partial charge in [0, 0.05) is 104 Å². The molecule has 8 aromatic carbocycles. The largest absolute Gasteiger partial charge is 0.391 e. The zero-order valence-corrected chi connectivity index (χ0v) is 64.5. The van der Waals surface area contributed by atoms with E-state index in [1.807, 2.05) is 127 Å². The minimum absolute atomic E-state index is 0.00770. The van der Waals surface area contributed by atoms with Crippen LogP contribution in [0.5, 0.6) is 0 Å². The van der Waals surface area contributed by atoms with Crippen molar-refractivity contribution in [1.29, 1.82) is 5.26 Å². The van der Waals surface area contributed by atoms with Crippen LogP contribution >= 0.6 is 11.6 Å². The fourth-order valence-electron chi connectivity index (χ4n) is 15.1. The van der Waals surface area contributed by atoms with Gasteiger partial charge in [-0.05, 0) is 134 Å². The summed E-state index contributed by atoms with van der Waals surface area (Å²) < 4.78 is 0. The Kier molecular flexibility index (Phi) is 31.0. The first kappa shape index (κ1) is 86.0. The van der Waals surface area contributed by atoms with Gasteiger partial charge in [0.1, 0.15) is 0 Å². The molecule has 572 valence electrons. The third kappa shape index (κ3) is 21.6. The van der Waals surface area contributed by atoms with Crippen LogP contribution in [0.1, 0.15) is 192 Å². The molecule has 0 spiro atoms. The summed E-state index contributed by atoms with van der Waals surface area (Å²) in [4.78, 5) is 17.0. The zero-order valence-electron chi connectivity index (χ0n) is 63.8. The average Bonchev–Trinajstić information content (AvgIpc) is 1.75. The first-order valence-electron chi connectivity index (χ1n) is 37.4. The Hall–Kier alpha value is -13.0. The molecule has 7 aliphatic carbocycles. The summed E-state index contributed by atoms with van der Waals surface area (Å²) in [5.74, 6) is 17.2. The van der Waals surface area contributed by atoms with Gasteiger partial charge in [0.05, 0.1) is 72.4 Å². The number of non-ortho nitro benzene ring substituents is 1. The second kappa shape index (κ2) is 41.5. The number of fused-ring (bicyclic) bond motifs is 8. The molecule has 0 amide bonds. The van der Waals surface area contributed by atoms with E-state index in [1.54, 1.807) is 30.3 Å². The summed E-state index contributed by atoms with van der Waals surface area (Å²) in [6.45, 7) is 18.2. The summed E-state index contributed by atoms with van der Waals surface area (Å²) in [7, 11) is 0. The molecule has 14 unspecified atom stereocenters. The molecule has 0 radical (unpaired) electrons. The predicted octanol–water partition coefficient (Wildman–Crippen LogP) is 18.3. The van der Waals surface area contributed by atoms with Gasteiger partial charge in [-0.1, -0.05) is 210 Å². The van der Waals surface area contributed by atoms with Crippen molar-refractivity contribution in [3.05, 3.63) is 332 Å². The van der Waals surface area contributed by atoms with Crippen molar-refractivity contribution in [2.45, 2.75) is 149 Å². The van der Waals surface area contributed by atoms with Crippen LogP contribution in [0.15, 0.2) is 188 Å². The van der Waals surface area contributed by atoms with E-state index in [0.29, 0.717) is 60.5 Å². The molecular formula is C101H87ClN4O9. The van der Waals surface area contributed by atoms with Gasteiger partial charge in [0.2, 0.25) is 0 Å². The lowest BCUT2D eigenvalue weighted by Gasteiger charge is -2.31. The van der Waals surface area contributed by atoms with E-state index in [9.17, 15) is 45.9 Å². The van der Waals surface area contributed by atoms with Gasteiger partial charge in [-0.25, -0.2) is 9.69 Å². The average molecular weight is 1540 g/mol. The van der Waals surface area contributed by atoms with Crippen molar-refractivity contribution in [1.82, 2.24) is 0 Å². The van der Waals surface area contributed by atoms with E-state index in [1.165, 1.54) is 56.6 Å². The Bertz CT molecular complexity index is 5290. The molecule has 0 bridgehead atoms. The van der Waals surface area contributed by atoms with Crippen molar-refractivity contribution in [3.8, 4) is 92.5 Å². The summed E-state index contributed by atoms with van der Waals surface area (Å²) >= 11 is 5.88. The highest BCUT2D eigenvalue weighted by molar-refractivity contribution is 6.30. The number of nitrogens with zero attached hydrogens (tertiary/aromatic N) is 4. The summed E-state index contributed by atoms with van der Waals surface area (Å²) in [5.41, 5.74) is 21.4. The Balaban J connectivity index is 0.000000154. The van der Waals surface area contributed by atoms with E-state index in [2.05, 4.69) is 126 Å². The zero-order chi connectivity index (χ0) is 82.8. The number of aryl methyl sites for hydroxylation is 2. The van der Waals surface area contributed by atoms with Crippen LogP contribution in [0, 0.1) is 135 Å². The molecule has 7 aliphatic rings. The summed E-state index contributed by atoms with van der Waals surface area (Å²) in [6.07, 6.45) is 59.6. The molecule has 8 aromatic rings. The molecule has 0 saturated carbocycles. The molecule has 13 nitrogen and oxygen atoms in total. The van der Waals surface area contributed by atoms with E-state index in [0.717, 1.165) is 55.6 Å². The highest BCUT2D eigenvalue weighted by Gasteiger charge is 2.33. The van der Waals surface area contributed by atoms with Crippen molar-refractivity contribution in [2.75, 3.05) is 0 Å². The third-order valence-electron chi connectivity index (χ3n) is 20.8. The standard InChI is InChI=1S/C20H14N2O.C14H11NO.2C14H14O.C13H11ClO.C13H11NO3.C13H12O/c1-3-4-19(23)20-17-7-5-13(12-21)9-14(17)10-15-11-16(22-2)6-8-18(15)20;1-3-4-14(16)13-7-5-10-9-11(15-2)6-8-12(10)13;2*1-3-4-14(15)13-8-6-11-9-10(2)5-7-12(11)13;1-2-3-13(15)12-6-4-9-8-10(14)5-7-11(9)12;1-2-3-13(15)12-6-4-9-8-10(14(16)17)5-7-11(9)12;1-2-5-13(14)12-9-8-10-6-3-4-7-11(10)12/h1,5-9,11,19-20,23H,4,10H2;1,5-9,13-14,16H,4H2;2*1,5-9,13-15H,4H2,2H3;1,4-8,12-13,15H,3H2;1,4-8,12-13,15H,3H2;1,3-4,6-9,12-14H,5H2. The van der Waals surface area contributed by atoms with Crippen LogP contribution in [-0.4, -0.2) is 83.4 Å². The van der Waals surface area contributed by atoms with Crippen LogP contribution in [0.2, 0.25) is 5.02 Å². The molecule has 15 rings (SSSR count). The topological polar surface area (TPSA) is 217 Å². The van der Waals surface area contributed by atoms with Crippen molar-refractivity contribution >= 4 is 65.1 Å². The van der Waals surface area contributed by atoms with Crippen LogP contribution in [-0.2, 0) is 6.42 Å². The highest BCUT2D eigenvalue weighted by atomic mass is 35.5. The second-order valence-electron chi connectivity index (χ2n) is 28.5. The van der Waals surface area contributed by atoms with Crippen LogP contribution in [0.25, 0.3) is 46.1 Å². The monoisotopic (exact) mass is 1530 g/mol. The summed E-state index contributed by atoms with van der Waals surface area (Å²) in [5, 5.41) is 90.1. The van der Waals surface area contributed by atoms with Crippen molar-refractivity contribution < 1.29 is 40.7 Å². The summed E-state index contributed by atoms with van der Waals surface area (Å²) in [6, 6.07) is 49.7. The lowest BCUT2D eigenvalue weighted by atomic mass is 9.74.